The van der Waals surface area contributed by atoms with Crippen LogP contribution in [-0.4, -0.2) is 26.5 Å². The summed E-state index contributed by atoms with van der Waals surface area (Å²) in [5.74, 6) is -0.853. The summed E-state index contributed by atoms with van der Waals surface area (Å²) < 4.78 is 6.62. The standard InChI is InChI=1S/C24H22N4O4S/c1-3-6-20-27-28-21(29)13-19(26-24(28)33-20)14-32-23(31)17-9-5-10-18(12-17)25-22(30)16-8-4-7-15(2)11-16/h4-5,7-13H,3,6,14H2,1-2H3,(H,25,30). The number of amides is 1. The van der Waals surface area contributed by atoms with Crippen molar-refractivity contribution < 1.29 is 14.3 Å². The number of aromatic nitrogens is 3. The number of hydrogen-bond acceptors (Lipinski definition) is 7. The van der Waals surface area contributed by atoms with E-state index in [1.165, 1.54) is 21.9 Å². The van der Waals surface area contributed by atoms with Crippen LogP contribution in [0.5, 0.6) is 0 Å². The topological polar surface area (TPSA) is 103 Å². The van der Waals surface area contributed by atoms with Crippen molar-refractivity contribution in [3.63, 3.8) is 0 Å². The predicted octanol–water partition coefficient (Wildman–Crippen LogP) is 4.02. The van der Waals surface area contributed by atoms with E-state index >= 15 is 0 Å². The lowest BCUT2D eigenvalue weighted by atomic mass is 10.1. The van der Waals surface area contributed by atoms with Gasteiger partial charge in [-0.2, -0.15) is 9.61 Å². The van der Waals surface area contributed by atoms with E-state index in [2.05, 4.69) is 15.4 Å². The number of ether oxygens (including phenoxy) is 1. The molecule has 2 aromatic heterocycles. The summed E-state index contributed by atoms with van der Waals surface area (Å²) in [4.78, 5) is 42.2. The normalized spacial score (nSPS) is 10.8. The van der Waals surface area contributed by atoms with Gasteiger partial charge >= 0.3 is 5.97 Å². The molecular weight excluding hydrogens is 440 g/mol. The van der Waals surface area contributed by atoms with Crippen LogP contribution in [0.1, 0.15) is 50.3 Å². The number of anilines is 1. The van der Waals surface area contributed by atoms with Gasteiger partial charge in [0.1, 0.15) is 11.6 Å². The zero-order valence-corrected chi connectivity index (χ0v) is 19.0. The van der Waals surface area contributed by atoms with Gasteiger partial charge in [0.05, 0.1) is 11.3 Å². The molecule has 168 valence electrons. The van der Waals surface area contributed by atoms with Crippen molar-refractivity contribution in [1.29, 1.82) is 0 Å². The van der Waals surface area contributed by atoms with Gasteiger partial charge in [-0.15, -0.1) is 0 Å². The number of aryl methyl sites for hydroxylation is 2. The molecule has 4 aromatic rings. The van der Waals surface area contributed by atoms with Gasteiger partial charge in [0.15, 0.2) is 0 Å². The summed E-state index contributed by atoms with van der Waals surface area (Å²) in [5, 5.41) is 7.88. The molecule has 9 heteroatoms. The SMILES string of the molecule is CCCc1nn2c(=O)cc(COC(=O)c3cccc(NC(=O)c4cccc(C)c4)c3)nc2s1. The van der Waals surface area contributed by atoms with E-state index in [4.69, 9.17) is 4.74 Å². The average molecular weight is 463 g/mol. The van der Waals surface area contributed by atoms with Crippen molar-refractivity contribution in [2.24, 2.45) is 0 Å². The molecule has 33 heavy (non-hydrogen) atoms. The van der Waals surface area contributed by atoms with E-state index in [0.29, 0.717) is 21.9 Å². The maximum Gasteiger partial charge on any atom is 0.338 e. The molecule has 0 aliphatic heterocycles. The quantitative estimate of drug-likeness (QED) is 0.416. The summed E-state index contributed by atoms with van der Waals surface area (Å²) in [7, 11) is 0. The molecule has 0 atom stereocenters. The third-order valence-electron chi connectivity index (χ3n) is 4.79. The summed E-state index contributed by atoms with van der Waals surface area (Å²) in [6.45, 7) is 3.80. The number of esters is 1. The highest BCUT2D eigenvalue weighted by Gasteiger charge is 2.13. The molecule has 0 spiro atoms. The monoisotopic (exact) mass is 462 g/mol. The highest BCUT2D eigenvalue weighted by molar-refractivity contribution is 7.16. The second-order valence-electron chi connectivity index (χ2n) is 7.51. The Labute approximate surface area is 193 Å². The van der Waals surface area contributed by atoms with E-state index in [0.717, 1.165) is 23.4 Å². The van der Waals surface area contributed by atoms with Crippen LogP contribution in [-0.2, 0) is 17.8 Å². The lowest BCUT2D eigenvalue weighted by molar-refractivity contribution is 0.0467. The van der Waals surface area contributed by atoms with Crippen LogP contribution in [0.2, 0.25) is 0 Å². The number of carbonyl (C=O) groups is 2. The molecule has 0 saturated heterocycles. The smallest absolute Gasteiger partial charge is 0.338 e. The third kappa shape index (κ3) is 5.32. The lowest BCUT2D eigenvalue weighted by Crippen LogP contribution is -2.17. The Morgan fingerprint density at radius 3 is 2.67 bits per heavy atom. The number of rotatable bonds is 7. The van der Waals surface area contributed by atoms with Gasteiger partial charge in [0.2, 0.25) is 4.96 Å². The van der Waals surface area contributed by atoms with Crippen LogP contribution in [0.4, 0.5) is 5.69 Å². The molecule has 1 amide bonds. The lowest BCUT2D eigenvalue weighted by Gasteiger charge is -2.08. The van der Waals surface area contributed by atoms with Gasteiger partial charge in [0, 0.05) is 23.7 Å². The van der Waals surface area contributed by atoms with E-state index < -0.39 is 5.97 Å². The molecule has 0 unspecified atom stereocenters. The fraction of sp³-hybridized carbons (Fsp3) is 0.208. The summed E-state index contributed by atoms with van der Waals surface area (Å²) in [5.41, 5.74) is 2.29. The van der Waals surface area contributed by atoms with Crippen molar-refractivity contribution in [1.82, 2.24) is 14.6 Å². The zero-order chi connectivity index (χ0) is 23.4. The van der Waals surface area contributed by atoms with Crippen molar-refractivity contribution in [3.05, 3.63) is 92.3 Å². The predicted molar refractivity (Wildman–Crippen MR) is 126 cm³/mol. The molecule has 0 bridgehead atoms. The van der Waals surface area contributed by atoms with Crippen molar-refractivity contribution in [2.45, 2.75) is 33.3 Å². The summed E-state index contributed by atoms with van der Waals surface area (Å²) in [6, 6.07) is 15.0. The first-order valence-corrected chi connectivity index (χ1v) is 11.3. The molecule has 4 rings (SSSR count). The van der Waals surface area contributed by atoms with Gasteiger partial charge in [0.25, 0.3) is 11.5 Å². The Hall–Kier alpha value is -3.85. The molecule has 0 saturated carbocycles. The fourth-order valence-electron chi connectivity index (χ4n) is 3.22. The van der Waals surface area contributed by atoms with Crippen LogP contribution < -0.4 is 10.9 Å². The number of nitrogens with zero attached hydrogens (tertiary/aromatic N) is 3. The van der Waals surface area contributed by atoms with Crippen molar-refractivity contribution >= 4 is 33.9 Å². The molecular formula is C24H22N4O4S. The Bertz CT molecular complexity index is 1390. The first kappa shape index (κ1) is 22.3. The molecule has 8 nitrogen and oxygen atoms in total. The van der Waals surface area contributed by atoms with Gasteiger partial charge in [-0.1, -0.05) is 42.0 Å². The summed E-state index contributed by atoms with van der Waals surface area (Å²) >= 11 is 1.35. The number of hydrogen-bond donors (Lipinski definition) is 1. The van der Waals surface area contributed by atoms with E-state index in [-0.39, 0.29) is 23.6 Å². The molecule has 0 radical (unpaired) electrons. The molecule has 1 N–H and O–H groups in total. The minimum Gasteiger partial charge on any atom is -0.456 e. The van der Waals surface area contributed by atoms with Crippen LogP contribution in [0.15, 0.2) is 59.4 Å². The van der Waals surface area contributed by atoms with Crippen LogP contribution in [0.3, 0.4) is 0 Å². The van der Waals surface area contributed by atoms with E-state index in [1.54, 1.807) is 36.4 Å². The highest BCUT2D eigenvalue weighted by Crippen LogP contribution is 2.16. The zero-order valence-electron chi connectivity index (χ0n) is 18.2. The van der Waals surface area contributed by atoms with Gasteiger partial charge in [-0.25, -0.2) is 9.78 Å². The van der Waals surface area contributed by atoms with E-state index in [1.807, 2.05) is 26.0 Å². The molecule has 2 aromatic carbocycles. The molecule has 0 aliphatic carbocycles. The van der Waals surface area contributed by atoms with Crippen LogP contribution in [0.25, 0.3) is 4.96 Å². The second-order valence-corrected chi connectivity index (χ2v) is 8.55. The minimum absolute atomic E-state index is 0.147. The second kappa shape index (κ2) is 9.74. The molecule has 0 aliphatic rings. The number of fused-ring (bicyclic) bond motifs is 1. The van der Waals surface area contributed by atoms with Gasteiger partial charge < -0.3 is 10.1 Å². The fourth-order valence-corrected chi connectivity index (χ4v) is 4.24. The van der Waals surface area contributed by atoms with Crippen molar-refractivity contribution in [2.75, 3.05) is 5.32 Å². The Morgan fingerprint density at radius 1 is 1.09 bits per heavy atom. The molecule has 0 fully saturated rings. The first-order valence-electron chi connectivity index (χ1n) is 10.5. The number of carbonyl (C=O) groups excluding carboxylic acids is 2. The Balaban J connectivity index is 1.43. The molecule has 2 heterocycles. The maximum absolute atomic E-state index is 12.6. The van der Waals surface area contributed by atoms with Gasteiger partial charge in [-0.3, -0.25) is 9.59 Å². The van der Waals surface area contributed by atoms with Crippen LogP contribution in [0, 0.1) is 6.92 Å². The number of nitrogens with one attached hydrogen (secondary N) is 1. The number of benzene rings is 2. The Kier molecular flexibility index (Phi) is 6.60. The minimum atomic E-state index is -0.584. The third-order valence-corrected chi connectivity index (χ3v) is 5.76. The van der Waals surface area contributed by atoms with Gasteiger partial charge in [-0.05, 0) is 43.7 Å². The van der Waals surface area contributed by atoms with E-state index in [9.17, 15) is 14.4 Å². The maximum atomic E-state index is 12.6. The first-order chi connectivity index (χ1) is 15.9. The highest BCUT2D eigenvalue weighted by atomic mass is 32.1. The van der Waals surface area contributed by atoms with Crippen molar-refractivity contribution in [3.8, 4) is 0 Å². The van der Waals surface area contributed by atoms with Crippen LogP contribution >= 0.6 is 11.3 Å². The largest absolute Gasteiger partial charge is 0.456 e. The summed E-state index contributed by atoms with van der Waals surface area (Å²) in [6.07, 6.45) is 1.69. The average Bonchev–Trinajstić information content (AvgIpc) is 3.21. The Morgan fingerprint density at radius 2 is 1.88 bits per heavy atom.